The topological polar surface area (TPSA) is 62.3 Å². The summed E-state index contributed by atoms with van der Waals surface area (Å²) in [6, 6.07) is 5.77. The number of rotatable bonds is 6. The first-order valence-corrected chi connectivity index (χ1v) is 7.34. The van der Waals surface area contributed by atoms with Gasteiger partial charge in [0.05, 0.1) is 16.7 Å². The Balaban J connectivity index is 2.31. The molecule has 0 fully saturated rings. The number of carboxylic acid groups (broad SMARTS) is 1. The quantitative estimate of drug-likeness (QED) is 0.601. The van der Waals surface area contributed by atoms with Gasteiger partial charge in [0.2, 0.25) is 0 Å². The van der Waals surface area contributed by atoms with Crippen LogP contribution in [0.5, 0.6) is 5.75 Å². The molecule has 102 valence electrons. The van der Waals surface area contributed by atoms with Gasteiger partial charge in [-0.3, -0.25) is 4.79 Å². The van der Waals surface area contributed by atoms with Crippen LogP contribution in [-0.2, 0) is 11.2 Å². The molecule has 0 aliphatic rings. The number of nitrogens with one attached hydrogen (secondary N) is 1. The maximum atomic E-state index is 10.9. The van der Waals surface area contributed by atoms with Crippen LogP contribution in [0.15, 0.2) is 18.2 Å². The van der Waals surface area contributed by atoms with Crippen molar-refractivity contribution in [1.82, 2.24) is 4.98 Å². The van der Waals surface area contributed by atoms with E-state index in [1.165, 1.54) is 0 Å². The third kappa shape index (κ3) is 3.40. The lowest BCUT2D eigenvalue weighted by Crippen LogP contribution is -2.01. The zero-order chi connectivity index (χ0) is 13.8. The highest BCUT2D eigenvalue weighted by Crippen LogP contribution is 2.28. The predicted molar refractivity (Wildman–Crippen MR) is 82.8 cm³/mol. The number of fused-ring (bicyclic) bond motifs is 1. The number of halogens is 1. The Morgan fingerprint density at radius 3 is 2.95 bits per heavy atom. The van der Waals surface area contributed by atoms with E-state index in [-0.39, 0.29) is 6.42 Å². The average Bonchev–Trinajstić information content (AvgIpc) is 2.66. The zero-order valence-corrected chi connectivity index (χ0v) is 12.9. The van der Waals surface area contributed by atoms with E-state index >= 15 is 0 Å². The second kappa shape index (κ2) is 6.27. The van der Waals surface area contributed by atoms with Gasteiger partial charge in [0.1, 0.15) is 5.75 Å². The number of ether oxygens (including phenoxy) is 1. The van der Waals surface area contributed by atoms with Gasteiger partial charge in [-0.15, -0.1) is 0 Å². The van der Waals surface area contributed by atoms with E-state index in [1.807, 2.05) is 18.2 Å². The first-order chi connectivity index (χ1) is 9.11. The molecule has 0 amide bonds. The van der Waals surface area contributed by atoms with Gasteiger partial charge >= 0.3 is 5.97 Å². The van der Waals surface area contributed by atoms with Gasteiger partial charge in [-0.25, -0.2) is 0 Å². The highest BCUT2D eigenvalue weighted by Gasteiger charge is 2.13. The summed E-state index contributed by atoms with van der Waals surface area (Å²) in [4.78, 5) is 14.1. The summed E-state index contributed by atoms with van der Waals surface area (Å²) in [6.45, 7) is 2.81. The molecular formula is C14H16INO3. The Hall–Kier alpha value is -1.24. The average molecular weight is 373 g/mol. The van der Waals surface area contributed by atoms with Crippen molar-refractivity contribution in [2.45, 2.75) is 26.2 Å². The molecule has 19 heavy (non-hydrogen) atoms. The van der Waals surface area contributed by atoms with Crippen molar-refractivity contribution in [2.24, 2.45) is 0 Å². The van der Waals surface area contributed by atoms with E-state index < -0.39 is 5.97 Å². The van der Waals surface area contributed by atoms with Crippen molar-refractivity contribution in [1.29, 1.82) is 0 Å². The maximum absolute atomic E-state index is 10.9. The summed E-state index contributed by atoms with van der Waals surface area (Å²) in [5, 5.41) is 9.89. The number of unbranched alkanes of at least 4 members (excludes halogenated alkanes) is 1. The largest absolute Gasteiger partial charge is 0.494 e. The normalized spacial score (nSPS) is 10.8. The highest BCUT2D eigenvalue weighted by molar-refractivity contribution is 14.1. The maximum Gasteiger partial charge on any atom is 0.307 e. The molecule has 2 rings (SSSR count). The van der Waals surface area contributed by atoms with Crippen LogP contribution in [0.4, 0.5) is 0 Å². The predicted octanol–water partition coefficient (Wildman–Crippen LogP) is 3.58. The van der Waals surface area contributed by atoms with Gasteiger partial charge in [-0.1, -0.05) is 13.3 Å². The Kier molecular flexibility index (Phi) is 4.68. The number of hydrogen-bond acceptors (Lipinski definition) is 2. The third-order valence-corrected chi connectivity index (χ3v) is 3.84. The highest BCUT2D eigenvalue weighted by atomic mass is 127. The second-order valence-corrected chi connectivity index (χ2v) is 5.48. The molecule has 0 aliphatic carbocycles. The molecule has 5 heteroatoms. The molecule has 4 nitrogen and oxygen atoms in total. The minimum atomic E-state index is -0.823. The van der Waals surface area contributed by atoms with Crippen molar-refractivity contribution in [2.75, 3.05) is 6.61 Å². The Labute approximate surface area is 125 Å². The minimum Gasteiger partial charge on any atom is -0.494 e. The summed E-state index contributed by atoms with van der Waals surface area (Å²) in [7, 11) is 0. The van der Waals surface area contributed by atoms with Crippen LogP contribution in [0.2, 0.25) is 0 Å². The Morgan fingerprint density at radius 1 is 1.47 bits per heavy atom. The lowest BCUT2D eigenvalue weighted by atomic mass is 10.1. The van der Waals surface area contributed by atoms with Gasteiger partial charge in [-0.2, -0.15) is 0 Å². The standard InChI is InChI=1S/C14H16INO3/c1-2-3-6-19-9-4-5-12-10(7-9)11(8-13(17)18)14(15)16-12/h4-5,7,16H,2-3,6,8H2,1H3,(H,17,18). The summed E-state index contributed by atoms with van der Waals surface area (Å²) in [5.41, 5.74) is 1.77. The monoisotopic (exact) mass is 373 g/mol. The number of hydrogen-bond donors (Lipinski definition) is 2. The molecule has 0 saturated carbocycles. The lowest BCUT2D eigenvalue weighted by molar-refractivity contribution is -0.136. The van der Waals surface area contributed by atoms with E-state index in [0.29, 0.717) is 6.61 Å². The van der Waals surface area contributed by atoms with Crippen molar-refractivity contribution >= 4 is 39.5 Å². The molecule has 0 radical (unpaired) electrons. The fourth-order valence-electron chi connectivity index (χ4n) is 1.94. The van der Waals surface area contributed by atoms with Crippen molar-refractivity contribution in [3.63, 3.8) is 0 Å². The van der Waals surface area contributed by atoms with E-state index in [2.05, 4.69) is 34.5 Å². The number of carbonyl (C=O) groups is 1. The number of aromatic amines is 1. The van der Waals surface area contributed by atoms with Gasteiger partial charge in [0, 0.05) is 16.5 Å². The number of H-pyrrole nitrogens is 1. The van der Waals surface area contributed by atoms with E-state index in [9.17, 15) is 4.79 Å². The first kappa shape index (κ1) is 14.2. The van der Waals surface area contributed by atoms with Crippen LogP contribution in [0.1, 0.15) is 25.3 Å². The third-order valence-electron chi connectivity index (χ3n) is 2.92. The van der Waals surface area contributed by atoms with Gasteiger partial charge in [0.25, 0.3) is 0 Å². The molecule has 0 atom stereocenters. The van der Waals surface area contributed by atoms with E-state index in [4.69, 9.17) is 9.84 Å². The fourth-order valence-corrected chi connectivity index (χ4v) is 2.71. The Morgan fingerprint density at radius 2 is 2.26 bits per heavy atom. The SMILES string of the molecule is CCCCOc1ccc2[nH]c(I)c(CC(=O)O)c2c1. The summed E-state index contributed by atoms with van der Waals surface area (Å²) >= 11 is 2.13. The van der Waals surface area contributed by atoms with E-state index in [1.54, 1.807) is 0 Å². The molecule has 2 N–H and O–H groups in total. The zero-order valence-electron chi connectivity index (χ0n) is 10.7. The summed E-state index contributed by atoms with van der Waals surface area (Å²) in [5.74, 6) is -0.0286. The van der Waals surface area contributed by atoms with Crippen LogP contribution >= 0.6 is 22.6 Å². The molecule has 2 aromatic rings. The molecule has 1 heterocycles. The van der Waals surface area contributed by atoms with Crippen LogP contribution in [0.25, 0.3) is 10.9 Å². The lowest BCUT2D eigenvalue weighted by Gasteiger charge is -2.05. The number of aromatic nitrogens is 1. The van der Waals surface area contributed by atoms with Crippen LogP contribution < -0.4 is 4.74 Å². The fraction of sp³-hybridized carbons (Fsp3) is 0.357. The van der Waals surface area contributed by atoms with Crippen LogP contribution in [0.3, 0.4) is 0 Å². The van der Waals surface area contributed by atoms with Crippen LogP contribution in [0, 0.1) is 3.70 Å². The van der Waals surface area contributed by atoms with Gasteiger partial charge in [0.15, 0.2) is 0 Å². The van der Waals surface area contributed by atoms with Crippen molar-refractivity contribution in [3.8, 4) is 5.75 Å². The van der Waals surface area contributed by atoms with Crippen molar-refractivity contribution in [3.05, 3.63) is 27.5 Å². The molecule has 1 aromatic heterocycles. The molecular weight excluding hydrogens is 357 g/mol. The Bertz CT molecular complexity index is 592. The number of carboxylic acids is 1. The summed E-state index contributed by atoms with van der Waals surface area (Å²) < 4.78 is 6.54. The van der Waals surface area contributed by atoms with Gasteiger partial charge < -0.3 is 14.8 Å². The number of benzene rings is 1. The van der Waals surface area contributed by atoms with Crippen molar-refractivity contribution < 1.29 is 14.6 Å². The van der Waals surface area contributed by atoms with Crippen LogP contribution in [-0.4, -0.2) is 22.7 Å². The first-order valence-electron chi connectivity index (χ1n) is 6.26. The molecule has 0 aliphatic heterocycles. The smallest absolute Gasteiger partial charge is 0.307 e. The molecule has 0 unspecified atom stereocenters. The molecule has 0 saturated heterocycles. The minimum absolute atomic E-state index is 0.0245. The van der Waals surface area contributed by atoms with Gasteiger partial charge in [-0.05, 0) is 47.2 Å². The second-order valence-electron chi connectivity index (χ2n) is 4.40. The molecule has 1 aromatic carbocycles. The molecule has 0 bridgehead atoms. The summed E-state index contributed by atoms with van der Waals surface area (Å²) in [6.07, 6.45) is 2.13. The van der Waals surface area contributed by atoms with E-state index in [0.717, 1.165) is 38.8 Å². The number of aliphatic carboxylic acids is 1. The molecule has 0 spiro atoms.